The van der Waals surface area contributed by atoms with E-state index in [4.69, 9.17) is 4.98 Å². The van der Waals surface area contributed by atoms with Crippen molar-refractivity contribution >= 4 is 22.8 Å². The van der Waals surface area contributed by atoms with Gasteiger partial charge in [0, 0.05) is 12.3 Å². The summed E-state index contributed by atoms with van der Waals surface area (Å²) in [5.74, 6) is 1.07. The molecule has 1 heterocycles. The molecule has 1 aromatic heterocycles. The number of aromatic amines is 1. The second-order valence-electron chi connectivity index (χ2n) is 5.93. The molecule has 126 valence electrons. The maximum Gasteiger partial charge on any atom is 0.166 e. The molecular formula is C20H25N3S. The Morgan fingerprint density at radius 1 is 1.00 bits per heavy atom. The first-order valence-electron chi connectivity index (χ1n) is 8.66. The first kappa shape index (κ1) is 17.1. The summed E-state index contributed by atoms with van der Waals surface area (Å²) in [7, 11) is 0. The lowest BCUT2D eigenvalue weighted by atomic mass is 10.0. The molecule has 0 spiro atoms. The normalized spacial score (nSPS) is 11.5. The number of nitrogens with one attached hydrogen (secondary N) is 1. The molecule has 1 N–H and O–H groups in total. The molecule has 0 aliphatic rings. The Morgan fingerprint density at radius 2 is 1.79 bits per heavy atom. The van der Waals surface area contributed by atoms with Crippen LogP contribution in [-0.4, -0.2) is 40.3 Å². The molecule has 0 unspecified atom stereocenters. The molecule has 3 nitrogen and oxygen atoms in total. The van der Waals surface area contributed by atoms with Crippen LogP contribution in [0, 0.1) is 0 Å². The second kappa shape index (κ2) is 8.36. The minimum atomic E-state index is 0.959. The Kier molecular flexibility index (Phi) is 5.94. The van der Waals surface area contributed by atoms with Gasteiger partial charge in [-0.25, -0.2) is 4.98 Å². The average Bonchev–Trinajstić information content (AvgIpc) is 3.01. The minimum absolute atomic E-state index is 0.959. The molecule has 0 radical (unpaired) electrons. The third-order valence-corrected chi connectivity index (χ3v) is 5.17. The van der Waals surface area contributed by atoms with Crippen molar-refractivity contribution in [3.8, 4) is 0 Å². The summed E-state index contributed by atoms with van der Waals surface area (Å²) in [5.41, 5.74) is 4.84. The maximum absolute atomic E-state index is 4.70. The summed E-state index contributed by atoms with van der Waals surface area (Å²) in [4.78, 5) is 10.6. The zero-order valence-corrected chi connectivity index (χ0v) is 15.3. The number of hydrogen-bond acceptors (Lipinski definition) is 3. The Morgan fingerprint density at radius 3 is 2.54 bits per heavy atom. The molecule has 0 fully saturated rings. The summed E-state index contributed by atoms with van der Waals surface area (Å²) < 4.78 is 0. The first-order valence-corrected chi connectivity index (χ1v) is 9.64. The van der Waals surface area contributed by atoms with Crippen molar-refractivity contribution < 1.29 is 0 Å². The van der Waals surface area contributed by atoms with Crippen molar-refractivity contribution in [2.45, 2.75) is 25.4 Å². The van der Waals surface area contributed by atoms with Crippen molar-refractivity contribution in [1.29, 1.82) is 0 Å². The molecule has 0 aliphatic carbocycles. The molecular weight excluding hydrogens is 314 g/mol. The molecule has 0 saturated carbocycles. The third kappa shape index (κ3) is 4.40. The predicted octanol–water partition coefficient (Wildman–Crippen LogP) is 4.59. The third-order valence-electron chi connectivity index (χ3n) is 4.32. The first-order chi connectivity index (χ1) is 11.8. The summed E-state index contributed by atoms with van der Waals surface area (Å²) >= 11 is 1.81. The van der Waals surface area contributed by atoms with Gasteiger partial charge in [-0.1, -0.05) is 62.0 Å². The van der Waals surface area contributed by atoms with Crippen LogP contribution in [0.1, 0.15) is 25.0 Å². The number of rotatable bonds is 8. The van der Waals surface area contributed by atoms with Crippen molar-refractivity contribution in [2.24, 2.45) is 0 Å². The number of imidazole rings is 1. The van der Waals surface area contributed by atoms with E-state index in [9.17, 15) is 0 Å². The van der Waals surface area contributed by atoms with Gasteiger partial charge in [0.05, 0.1) is 11.0 Å². The molecule has 0 aliphatic heterocycles. The quantitative estimate of drug-likeness (QED) is 0.609. The van der Waals surface area contributed by atoms with Gasteiger partial charge in [0.25, 0.3) is 0 Å². The number of hydrogen-bond donors (Lipinski definition) is 1. The Balaban J connectivity index is 1.65. The second-order valence-corrected chi connectivity index (χ2v) is 7.01. The summed E-state index contributed by atoms with van der Waals surface area (Å²) in [6, 6.07) is 17.1. The Labute approximate surface area is 148 Å². The van der Waals surface area contributed by atoms with Crippen LogP contribution in [0.4, 0.5) is 0 Å². The number of aromatic nitrogens is 2. The van der Waals surface area contributed by atoms with E-state index in [-0.39, 0.29) is 0 Å². The van der Waals surface area contributed by atoms with Crippen LogP contribution in [0.2, 0.25) is 0 Å². The highest BCUT2D eigenvalue weighted by Crippen LogP contribution is 2.21. The van der Waals surface area contributed by atoms with Crippen LogP contribution in [0.5, 0.6) is 0 Å². The van der Waals surface area contributed by atoms with Gasteiger partial charge in [-0.3, -0.25) is 0 Å². The zero-order valence-electron chi connectivity index (χ0n) is 14.5. The van der Waals surface area contributed by atoms with Gasteiger partial charge >= 0.3 is 0 Å². The van der Waals surface area contributed by atoms with E-state index in [1.165, 1.54) is 11.1 Å². The minimum Gasteiger partial charge on any atom is -0.333 e. The van der Waals surface area contributed by atoms with E-state index in [0.717, 1.165) is 48.0 Å². The van der Waals surface area contributed by atoms with Crippen LogP contribution in [-0.2, 0) is 6.42 Å². The highest BCUT2D eigenvalue weighted by atomic mass is 32.2. The van der Waals surface area contributed by atoms with E-state index in [2.05, 4.69) is 72.3 Å². The molecule has 0 amide bonds. The largest absolute Gasteiger partial charge is 0.333 e. The SMILES string of the molecule is CCN(CC)CCSc1nc2ccc(Cc3ccccc3)cc2[nH]1. The molecule has 0 bridgehead atoms. The summed E-state index contributed by atoms with van der Waals surface area (Å²) in [6.07, 6.45) is 0.959. The van der Waals surface area contributed by atoms with Crippen molar-refractivity contribution in [2.75, 3.05) is 25.4 Å². The van der Waals surface area contributed by atoms with E-state index in [1.54, 1.807) is 11.8 Å². The molecule has 0 saturated heterocycles. The highest BCUT2D eigenvalue weighted by Gasteiger charge is 2.06. The molecule has 3 rings (SSSR count). The summed E-state index contributed by atoms with van der Waals surface area (Å²) in [5, 5.41) is 1.02. The van der Waals surface area contributed by atoms with E-state index in [1.807, 2.05) is 0 Å². The van der Waals surface area contributed by atoms with Crippen LogP contribution in [0.25, 0.3) is 11.0 Å². The van der Waals surface area contributed by atoms with Crippen molar-refractivity contribution in [3.05, 3.63) is 59.7 Å². The number of fused-ring (bicyclic) bond motifs is 1. The standard InChI is InChI=1S/C20H25N3S/c1-3-23(4-2)12-13-24-20-21-18-11-10-17(15-19(18)22-20)14-16-8-6-5-7-9-16/h5-11,15H,3-4,12-14H2,1-2H3,(H,21,22). The van der Waals surface area contributed by atoms with Gasteiger partial charge in [-0.2, -0.15) is 0 Å². The number of nitrogens with zero attached hydrogens (tertiary/aromatic N) is 2. The van der Waals surface area contributed by atoms with E-state index >= 15 is 0 Å². The number of benzene rings is 2. The van der Waals surface area contributed by atoms with Crippen LogP contribution >= 0.6 is 11.8 Å². The fourth-order valence-electron chi connectivity index (χ4n) is 2.85. The predicted molar refractivity (Wildman–Crippen MR) is 104 cm³/mol. The molecule has 0 atom stereocenters. The van der Waals surface area contributed by atoms with Crippen LogP contribution in [0.3, 0.4) is 0 Å². The molecule has 24 heavy (non-hydrogen) atoms. The molecule has 2 aromatic carbocycles. The summed E-state index contributed by atoms with van der Waals surface area (Å²) in [6.45, 7) is 7.75. The van der Waals surface area contributed by atoms with Gasteiger partial charge in [0.1, 0.15) is 0 Å². The maximum atomic E-state index is 4.70. The fraction of sp³-hybridized carbons (Fsp3) is 0.350. The topological polar surface area (TPSA) is 31.9 Å². The molecule has 3 aromatic rings. The fourth-order valence-corrected chi connectivity index (χ4v) is 3.74. The highest BCUT2D eigenvalue weighted by molar-refractivity contribution is 7.99. The average molecular weight is 340 g/mol. The van der Waals surface area contributed by atoms with E-state index < -0.39 is 0 Å². The number of thioether (sulfide) groups is 1. The Bertz CT molecular complexity index is 763. The lowest BCUT2D eigenvalue weighted by Crippen LogP contribution is -2.25. The van der Waals surface area contributed by atoms with Gasteiger partial charge in [-0.05, 0) is 42.8 Å². The van der Waals surface area contributed by atoms with Gasteiger partial charge in [-0.15, -0.1) is 0 Å². The van der Waals surface area contributed by atoms with Gasteiger partial charge in [0.15, 0.2) is 5.16 Å². The van der Waals surface area contributed by atoms with E-state index in [0.29, 0.717) is 0 Å². The smallest absolute Gasteiger partial charge is 0.166 e. The van der Waals surface area contributed by atoms with Crippen molar-refractivity contribution in [3.63, 3.8) is 0 Å². The van der Waals surface area contributed by atoms with Crippen LogP contribution < -0.4 is 0 Å². The Hall–Kier alpha value is -1.78. The lowest BCUT2D eigenvalue weighted by Gasteiger charge is -2.16. The van der Waals surface area contributed by atoms with Crippen LogP contribution in [0.15, 0.2) is 53.7 Å². The number of H-pyrrole nitrogens is 1. The van der Waals surface area contributed by atoms with Crippen molar-refractivity contribution in [1.82, 2.24) is 14.9 Å². The lowest BCUT2D eigenvalue weighted by molar-refractivity contribution is 0.324. The van der Waals surface area contributed by atoms with Gasteiger partial charge in [0.2, 0.25) is 0 Å². The monoisotopic (exact) mass is 339 g/mol. The molecule has 4 heteroatoms. The zero-order chi connectivity index (χ0) is 16.8. The van der Waals surface area contributed by atoms with Gasteiger partial charge < -0.3 is 9.88 Å².